The molecule has 0 bridgehead atoms. The van der Waals surface area contributed by atoms with Crippen molar-refractivity contribution in [3.8, 4) is 0 Å². The second-order valence-electron chi connectivity index (χ2n) is 7.60. The Balaban J connectivity index is 2.30. The molecule has 1 unspecified atom stereocenters. The minimum atomic E-state index is -0.0769. The molecule has 1 atom stereocenters. The summed E-state index contributed by atoms with van der Waals surface area (Å²) in [6, 6.07) is 8.75. The van der Waals surface area contributed by atoms with E-state index in [1.165, 1.54) is 24.0 Å². The Morgan fingerprint density at radius 1 is 1.05 bits per heavy atom. The third-order valence-electron chi connectivity index (χ3n) is 4.18. The van der Waals surface area contributed by atoms with Gasteiger partial charge in [0.25, 0.3) is 0 Å². The van der Waals surface area contributed by atoms with E-state index in [4.69, 9.17) is 4.74 Å². The van der Waals surface area contributed by atoms with Crippen LogP contribution in [-0.4, -0.2) is 12.1 Å². The molecule has 0 aromatic heterocycles. The van der Waals surface area contributed by atoms with Gasteiger partial charge in [0, 0.05) is 6.54 Å². The van der Waals surface area contributed by atoms with Crippen LogP contribution in [0, 0.1) is 11.8 Å². The minimum Gasteiger partial charge on any atom is -0.371 e. The normalized spacial score (nSPS) is 13.6. The topological polar surface area (TPSA) is 21.3 Å². The van der Waals surface area contributed by atoms with Gasteiger partial charge in [0.2, 0.25) is 0 Å². The van der Waals surface area contributed by atoms with Crippen molar-refractivity contribution in [3.05, 3.63) is 35.4 Å². The van der Waals surface area contributed by atoms with Crippen molar-refractivity contribution in [3.63, 3.8) is 0 Å². The molecule has 126 valence electrons. The number of hydrogen-bond acceptors (Lipinski definition) is 2. The zero-order valence-corrected chi connectivity index (χ0v) is 15.4. The molecule has 0 saturated heterocycles. The summed E-state index contributed by atoms with van der Waals surface area (Å²) in [5, 5.41) is 3.57. The van der Waals surface area contributed by atoms with Gasteiger partial charge in [-0.3, -0.25) is 0 Å². The van der Waals surface area contributed by atoms with Crippen LogP contribution in [-0.2, 0) is 17.9 Å². The molecule has 0 radical (unpaired) electrons. The SMILES string of the molecule is CCC(CCNCc1ccc(COC(C)(C)C)cc1)C(C)C. The van der Waals surface area contributed by atoms with E-state index in [1.54, 1.807) is 0 Å². The smallest absolute Gasteiger partial charge is 0.0724 e. The van der Waals surface area contributed by atoms with Gasteiger partial charge in [-0.15, -0.1) is 0 Å². The fourth-order valence-corrected chi connectivity index (χ4v) is 2.58. The van der Waals surface area contributed by atoms with Gasteiger partial charge in [-0.1, -0.05) is 51.5 Å². The Labute approximate surface area is 137 Å². The monoisotopic (exact) mass is 305 g/mol. The van der Waals surface area contributed by atoms with Gasteiger partial charge in [0.05, 0.1) is 12.2 Å². The van der Waals surface area contributed by atoms with Gasteiger partial charge in [0.15, 0.2) is 0 Å². The van der Waals surface area contributed by atoms with Crippen LogP contribution >= 0.6 is 0 Å². The highest BCUT2D eigenvalue weighted by Gasteiger charge is 2.11. The molecule has 0 aliphatic heterocycles. The molecular weight excluding hydrogens is 270 g/mol. The summed E-state index contributed by atoms with van der Waals surface area (Å²) < 4.78 is 5.80. The first-order valence-corrected chi connectivity index (χ1v) is 8.74. The third kappa shape index (κ3) is 7.95. The maximum Gasteiger partial charge on any atom is 0.0724 e. The zero-order chi connectivity index (χ0) is 16.6. The summed E-state index contributed by atoms with van der Waals surface area (Å²) in [5.74, 6) is 1.62. The third-order valence-corrected chi connectivity index (χ3v) is 4.18. The number of rotatable bonds is 9. The molecular formula is C20H35NO. The lowest BCUT2D eigenvalue weighted by atomic mass is 9.90. The number of nitrogens with one attached hydrogen (secondary N) is 1. The molecule has 2 nitrogen and oxygen atoms in total. The van der Waals surface area contributed by atoms with Crippen LogP contribution in [0.15, 0.2) is 24.3 Å². The van der Waals surface area contributed by atoms with Crippen molar-refractivity contribution >= 4 is 0 Å². The summed E-state index contributed by atoms with van der Waals surface area (Å²) >= 11 is 0. The second-order valence-corrected chi connectivity index (χ2v) is 7.60. The van der Waals surface area contributed by atoms with Crippen LogP contribution < -0.4 is 5.32 Å². The van der Waals surface area contributed by atoms with Crippen molar-refractivity contribution in [2.45, 2.75) is 73.1 Å². The summed E-state index contributed by atoms with van der Waals surface area (Å²) in [5.41, 5.74) is 2.51. The van der Waals surface area contributed by atoms with E-state index in [-0.39, 0.29) is 5.60 Å². The number of ether oxygens (including phenoxy) is 1. The molecule has 1 aromatic carbocycles. The Kier molecular flexibility index (Phi) is 8.13. The van der Waals surface area contributed by atoms with Gasteiger partial charge in [-0.25, -0.2) is 0 Å². The molecule has 0 aliphatic rings. The number of benzene rings is 1. The summed E-state index contributed by atoms with van der Waals surface area (Å²) in [6.07, 6.45) is 2.55. The van der Waals surface area contributed by atoms with Gasteiger partial charge in [0.1, 0.15) is 0 Å². The zero-order valence-electron chi connectivity index (χ0n) is 15.4. The van der Waals surface area contributed by atoms with Gasteiger partial charge < -0.3 is 10.1 Å². The van der Waals surface area contributed by atoms with Gasteiger partial charge in [-0.05, 0) is 56.7 Å². The molecule has 22 heavy (non-hydrogen) atoms. The molecule has 0 amide bonds. The summed E-state index contributed by atoms with van der Waals surface area (Å²) in [6.45, 7) is 16.0. The van der Waals surface area contributed by atoms with Crippen LogP contribution in [0.2, 0.25) is 0 Å². The molecule has 0 saturated carbocycles. The van der Waals surface area contributed by atoms with Crippen LogP contribution in [0.1, 0.15) is 65.5 Å². The van der Waals surface area contributed by atoms with Gasteiger partial charge in [-0.2, -0.15) is 0 Å². The highest BCUT2D eigenvalue weighted by molar-refractivity contribution is 5.22. The molecule has 1 aromatic rings. The van der Waals surface area contributed by atoms with Crippen LogP contribution in [0.25, 0.3) is 0 Å². The minimum absolute atomic E-state index is 0.0769. The van der Waals surface area contributed by atoms with Crippen molar-refractivity contribution in [1.82, 2.24) is 5.32 Å². The van der Waals surface area contributed by atoms with E-state index in [0.717, 1.165) is 24.9 Å². The summed E-state index contributed by atoms with van der Waals surface area (Å²) in [7, 11) is 0. The standard InChI is InChI=1S/C20H35NO/c1-7-19(16(2)3)12-13-21-14-17-8-10-18(11-9-17)15-22-20(4,5)6/h8-11,16,19,21H,7,12-15H2,1-6H3. The van der Waals surface area contributed by atoms with E-state index < -0.39 is 0 Å². The van der Waals surface area contributed by atoms with Crippen molar-refractivity contribution < 1.29 is 4.74 Å². The highest BCUT2D eigenvalue weighted by atomic mass is 16.5. The molecule has 0 fully saturated rings. The quantitative estimate of drug-likeness (QED) is 0.636. The van der Waals surface area contributed by atoms with Crippen molar-refractivity contribution in [2.24, 2.45) is 11.8 Å². The Morgan fingerprint density at radius 2 is 1.64 bits per heavy atom. The molecule has 0 aliphatic carbocycles. The van der Waals surface area contributed by atoms with E-state index in [2.05, 4.69) is 71.1 Å². The lowest BCUT2D eigenvalue weighted by molar-refractivity contribution is -0.0149. The molecule has 2 heteroatoms. The number of hydrogen-bond donors (Lipinski definition) is 1. The van der Waals surface area contributed by atoms with Crippen LogP contribution in [0.5, 0.6) is 0 Å². The first-order valence-electron chi connectivity index (χ1n) is 8.74. The average Bonchev–Trinajstić information content (AvgIpc) is 2.45. The second kappa shape index (κ2) is 9.32. The molecule has 0 heterocycles. The molecule has 1 N–H and O–H groups in total. The van der Waals surface area contributed by atoms with Crippen molar-refractivity contribution in [2.75, 3.05) is 6.54 Å². The highest BCUT2D eigenvalue weighted by Crippen LogP contribution is 2.18. The Hall–Kier alpha value is -0.860. The van der Waals surface area contributed by atoms with E-state index in [1.807, 2.05) is 0 Å². The predicted molar refractivity (Wildman–Crippen MR) is 95.9 cm³/mol. The first-order chi connectivity index (χ1) is 10.3. The first kappa shape index (κ1) is 19.2. The van der Waals surface area contributed by atoms with E-state index >= 15 is 0 Å². The van der Waals surface area contributed by atoms with Gasteiger partial charge >= 0.3 is 0 Å². The predicted octanol–water partition coefficient (Wildman–Crippen LogP) is 5.16. The van der Waals surface area contributed by atoms with E-state index in [9.17, 15) is 0 Å². The average molecular weight is 306 g/mol. The van der Waals surface area contributed by atoms with Crippen LogP contribution in [0.3, 0.4) is 0 Å². The summed E-state index contributed by atoms with van der Waals surface area (Å²) in [4.78, 5) is 0. The fourth-order valence-electron chi connectivity index (χ4n) is 2.58. The van der Waals surface area contributed by atoms with Crippen molar-refractivity contribution in [1.29, 1.82) is 0 Å². The molecule has 0 spiro atoms. The largest absolute Gasteiger partial charge is 0.371 e. The van der Waals surface area contributed by atoms with E-state index in [0.29, 0.717) is 6.61 Å². The van der Waals surface area contributed by atoms with Crippen LogP contribution in [0.4, 0.5) is 0 Å². The maximum absolute atomic E-state index is 5.80. The Morgan fingerprint density at radius 3 is 2.14 bits per heavy atom. The lowest BCUT2D eigenvalue weighted by Crippen LogP contribution is -2.20. The molecule has 1 rings (SSSR count). The fraction of sp³-hybridized carbons (Fsp3) is 0.700. The Bertz CT molecular complexity index is 403. The lowest BCUT2D eigenvalue weighted by Gasteiger charge is -2.20. The maximum atomic E-state index is 5.80.